The van der Waals surface area contributed by atoms with Crippen LogP contribution >= 0.6 is 0 Å². The standard InChI is InChI=1S/C26H18NO/c28-27(18-10-2-1-3-11-18)26-22-15-7-4-12-19(22)25(20-13-5-8-16-23(20)26)21-14-6-9-17-24(21)26/h1-17,25H. The largest absolute Gasteiger partial charge is 0.201 e. The molecule has 0 saturated carbocycles. The third-order valence-corrected chi connectivity index (χ3v) is 6.28. The first-order chi connectivity index (χ1) is 13.8. The summed E-state index contributed by atoms with van der Waals surface area (Å²) in [5, 5.41) is 15.4. The van der Waals surface area contributed by atoms with Crippen LogP contribution < -0.4 is 5.06 Å². The maximum Gasteiger partial charge on any atom is 0.146 e. The van der Waals surface area contributed by atoms with Gasteiger partial charge in [-0.05, 0) is 45.5 Å². The first-order valence-corrected chi connectivity index (χ1v) is 9.64. The Labute approximate surface area is 164 Å². The maximum atomic E-state index is 14.2. The molecule has 0 atom stereocenters. The monoisotopic (exact) mass is 360 g/mol. The summed E-state index contributed by atoms with van der Waals surface area (Å²) in [6.45, 7) is 0. The van der Waals surface area contributed by atoms with Crippen LogP contribution in [-0.2, 0) is 10.7 Å². The van der Waals surface area contributed by atoms with E-state index in [9.17, 15) is 5.21 Å². The predicted octanol–water partition coefficient (Wildman–Crippen LogP) is 5.64. The predicted molar refractivity (Wildman–Crippen MR) is 110 cm³/mol. The molecule has 1 radical (unpaired) electrons. The van der Waals surface area contributed by atoms with Crippen LogP contribution in [0.15, 0.2) is 103 Å². The summed E-state index contributed by atoms with van der Waals surface area (Å²) in [4.78, 5) is 0. The minimum Gasteiger partial charge on any atom is -0.201 e. The van der Waals surface area contributed by atoms with Crippen molar-refractivity contribution in [2.45, 2.75) is 11.5 Å². The molecule has 7 rings (SSSR count). The lowest BCUT2D eigenvalue weighted by atomic mass is 9.56. The van der Waals surface area contributed by atoms with E-state index in [1.54, 1.807) is 0 Å². The fraction of sp³-hybridized carbons (Fsp3) is 0.0769. The van der Waals surface area contributed by atoms with Gasteiger partial charge in [-0.1, -0.05) is 96.2 Å². The van der Waals surface area contributed by atoms with Gasteiger partial charge in [0.05, 0.1) is 5.69 Å². The molecule has 0 aliphatic heterocycles. The van der Waals surface area contributed by atoms with E-state index >= 15 is 0 Å². The van der Waals surface area contributed by atoms with Crippen LogP contribution in [0.5, 0.6) is 0 Å². The van der Waals surface area contributed by atoms with Gasteiger partial charge in [0, 0.05) is 5.92 Å². The number of hydroxylamine groups is 1. The lowest BCUT2D eigenvalue weighted by molar-refractivity contribution is 0.106. The Bertz CT molecular complexity index is 1080. The second-order valence-electron chi connectivity index (χ2n) is 7.54. The van der Waals surface area contributed by atoms with Gasteiger partial charge in [-0.2, -0.15) is 0 Å². The summed E-state index contributed by atoms with van der Waals surface area (Å²) in [5.74, 6) is 0.176. The molecule has 0 unspecified atom stereocenters. The van der Waals surface area contributed by atoms with Crippen LogP contribution in [0, 0.1) is 0 Å². The Morgan fingerprint density at radius 1 is 0.536 bits per heavy atom. The van der Waals surface area contributed by atoms with E-state index < -0.39 is 5.54 Å². The van der Waals surface area contributed by atoms with Crippen LogP contribution in [-0.4, -0.2) is 0 Å². The van der Waals surface area contributed by atoms with Crippen molar-refractivity contribution in [1.29, 1.82) is 0 Å². The number of anilines is 1. The highest BCUT2D eigenvalue weighted by atomic mass is 16.5. The summed E-state index contributed by atoms with van der Waals surface area (Å²) in [5.41, 5.74) is 6.77. The highest BCUT2D eigenvalue weighted by Crippen LogP contribution is 2.60. The van der Waals surface area contributed by atoms with Crippen molar-refractivity contribution in [3.63, 3.8) is 0 Å². The van der Waals surface area contributed by atoms with Gasteiger partial charge in [0.25, 0.3) is 0 Å². The maximum absolute atomic E-state index is 14.2. The number of para-hydroxylation sites is 1. The zero-order valence-electron chi connectivity index (χ0n) is 15.2. The van der Waals surface area contributed by atoms with Gasteiger partial charge in [0.2, 0.25) is 0 Å². The van der Waals surface area contributed by atoms with Gasteiger partial charge in [0.15, 0.2) is 0 Å². The molecule has 133 valence electrons. The average Bonchev–Trinajstić information content (AvgIpc) is 2.79. The molecule has 2 bridgehead atoms. The lowest BCUT2D eigenvalue weighted by Gasteiger charge is -2.52. The molecule has 3 aliphatic rings. The molecule has 4 aromatic rings. The molecule has 0 aromatic heterocycles. The zero-order chi connectivity index (χ0) is 18.7. The number of rotatable bonds is 2. The van der Waals surface area contributed by atoms with E-state index in [0.29, 0.717) is 5.69 Å². The summed E-state index contributed by atoms with van der Waals surface area (Å²) < 4.78 is 0. The van der Waals surface area contributed by atoms with E-state index in [1.165, 1.54) is 21.8 Å². The Kier molecular flexibility index (Phi) is 3.12. The van der Waals surface area contributed by atoms with Crippen molar-refractivity contribution in [2.75, 3.05) is 5.06 Å². The highest BCUT2D eigenvalue weighted by Gasteiger charge is 2.55. The molecular formula is C26H18NO. The van der Waals surface area contributed by atoms with Gasteiger partial charge in [-0.15, -0.1) is 0 Å². The van der Waals surface area contributed by atoms with Gasteiger partial charge < -0.3 is 0 Å². The lowest BCUT2D eigenvalue weighted by Crippen LogP contribution is -2.52. The van der Waals surface area contributed by atoms with Crippen molar-refractivity contribution >= 4 is 5.69 Å². The Balaban J connectivity index is 1.79. The fourth-order valence-electron chi connectivity index (χ4n) is 5.26. The normalized spacial score (nSPS) is 20.8. The number of hydrogen-bond donors (Lipinski definition) is 0. The van der Waals surface area contributed by atoms with Crippen molar-refractivity contribution in [2.24, 2.45) is 0 Å². The van der Waals surface area contributed by atoms with Crippen molar-refractivity contribution in [3.8, 4) is 0 Å². The van der Waals surface area contributed by atoms with Crippen molar-refractivity contribution in [3.05, 3.63) is 137 Å². The molecule has 3 aliphatic carbocycles. The molecule has 4 aromatic carbocycles. The molecule has 0 amide bonds. The van der Waals surface area contributed by atoms with Crippen LogP contribution in [0.25, 0.3) is 0 Å². The summed E-state index contributed by atoms with van der Waals surface area (Å²) in [6.07, 6.45) is 0. The van der Waals surface area contributed by atoms with Crippen molar-refractivity contribution < 1.29 is 5.21 Å². The van der Waals surface area contributed by atoms with Gasteiger partial charge in [0.1, 0.15) is 5.54 Å². The minimum absolute atomic E-state index is 0.176. The van der Waals surface area contributed by atoms with E-state index in [0.717, 1.165) is 16.7 Å². The molecule has 0 heterocycles. The van der Waals surface area contributed by atoms with Crippen LogP contribution in [0.4, 0.5) is 5.69 Å². The van der Waals surface area contributed by atoms with E-state index in [-0.39, 0.29) is 5.92 Å². The van der Waals surface area contributed by atoms with E-state index in [2.05, 4.69) is 54.6 Å². The molecule has 28 heavy (non-hydrogen) atoms. The second kappa shape index (κ2) is 5.57. The van der Waals surface area contributed by atoms with E-state index in [4.69, 9.17) is 0 Å². The third-order valence-electron chi connectivity index (χ3n) is 6.28. The molecule has 0 saturated heterocycles. The molecule has 0 spiro atoms. The topological polar surface area (TPSA) is 23.1 Å². The first-order valence-electron chi connectivity index (χ1n) is 9.64. The van der Waals surface area contributed by atoms with Crippen molar-refractivity contribution in [1.82, 2.24) is 0 Å². The van der Waals surface area contributed by atoms with Gasteiger partial charge in [-0.3, -0.25) is 0 Å². The van der Waals surface area contributed by atoms with Crippen LogP contribution in [0.1, 0.15) is 39.3 Å². The third kappa shape index (κ3) is 1.76. The molecule has 2 nitrogen and oxygen atoms in total. The summed E-state index contributed by atoms with van der Waals surface area (Å²) in [7, 11) is 0. The van der Waals surface area contributed by atoms with Crippen LogP contribution in [0.3, 0.4) is 0 Å². The Hall–Kier alpha value is -3.36. The van der Waals surface area contributed by atoms with Gasteiger partial charge in [-0.25, -0.2) is 5.06 Å². The molecular weight excluding hydrogens is 342 g/mol. The fourth-order valence-corrected chi connectivity index (χ4v) is 5.26. The smallest absolute Gasteiger partial charge is 0.146 e. The number of benzene rings is 4. The zero-order valence-corrected chi connectivity index (χ0v) is 15.2. The Morgan fingerprint density at radius 3 is 1.39 bits per heavy atom. The highest BCUT2D eigenvalue weighted by molar-refractivity contribution is 5.75. The SMILES string of the molecule is [O]N(c1ccccc1)C12c3ccccc3C(c3ccccc31)c1ccccc12. The van der Waals surface area contributed by atoms with Crippen LogP contribution in [0.2, 0.25) is 0 Å². The molecule has 2 heteroatoms. The van der Waals surface area contributed by atoms with E-state index in [1.807, 2.05) is 48.5 Å². The quantitative estimate of drug-likeness (QED) is 0.424. The van der Waals surface area contributed by atoms with Gasteiger partial charge >= 0.3 is 0 Å². The number of nitrogens with zero attached hydrogens (tertiary/aromatic N) is 1. The Morgan fingerprint density at radius 2 is 0.929 bits per heavy atom. The average molecular weight is 360 g/mol. The summed E-state index contributed by atoms with van der Waals surface area (Å²) >= 11 is 0. The first kappa shape index (κ1) is 15.7. The molecule has 0 fully saturated rings. The second-order valence-corrected chi connectivity index (χ2v) is 7.54. The molecule has 0 N–H and O–H groups in total. The summed E-state index contributed by atoms with van der Waals surface area (Å²) in [6, 6.07) is 34.9. The number of hydrogen-bond acceptors (Lipinski definition) is 1. The minimum atomic E-state index is -0.875.